The Morgan fingerprint density at radius 2 is 1.82 bits per heavy atom. The lowest BCUT2D eigenvalue weighted by Gasteiger charge is -2.25. The zero-order chi connectivity index (χ0) is 30.8. The summed E-state index contributed by atoms with van der Waals surface area (Å²) in [6, 6.07) is 2.74. The number of nitrogens with zero attached hydrogens (tertiary/aromatic N) is 6. The molecule has 240 valence electrons. The van der Waals surface area contributed by atoms with Crippen molar-refractivity contribution in [3.05, 3.63) is 30.0 Å². The molecule has 12 nitrogen and oxygen atoms in total. The lowest BCUT2D eigenvalue weighted by molar-refractivity contribution is -0.125. The first-order chi connectivity index (χ1) is 21.2. The van der Waals surface area contributed by atoms with Crippen molar-refractivity contribution in [2.45, 2.75) is 70.1 Å². The van der Waals surface area contributed by atoms with Crippen LogP contribution in [0.3, 0.4) is 0 Å². The van der Waals surface area contributed by atoms with Gasteiger partial charge in [-0.15, -0.1) is 0 Å². The summed E-state index contributed by atoms with van der Waals surface area (Å²) < 4.78 is 13.3. The average molecular weight is 609 g/mol. The Balaban J connectivity index is 1.03. The fourth-order valence-corrected chi connectivity index (χ4v) is 7.10. The van der Waals surface area contributed by atoms with Gasteiger partial charge in [0.2, 0.25) is 5.91 Å². The Labute approximate surface area is 260 Å². The van der Waals surface area contributed by atoms with Crippen LogP contribution in [-0.4, -0.2) is 120 Å². The molecule has 3 aliphatic heterocycles. The van der Waals surface area contributed by atoms with Crippen molar-refractivity contribution in [3.63, 3.8) is 0 Å². The van der Waals surface area contributed by atoms with E-state index in [4.69, 9.17) is 19.6 Å². The van der Waals surface area contributed by atoms with Crippen LogP contribution in [0, 0.1) is 11.8 Å². The minimum atomic E-state index is -0.246. The van der Waals surface area contributed by atoms with Crippen LogP contribution in [0.25, 0.3) is 5.65 Å². The largest absolute Gasteiger partial charge is 0.444 e. The molecule has 3 atom stereocenters. The minimum Gasteiger partial charge on any atom is -0.444 e. The van der Waals surface area contributed by atoms with Crippen molar-refractivity contribution >= 4 is 29.3 Å². The number of nitrogens with one attached hydrogen (secondary N) is 2. The molecule has 2 unspecified atom stereocenters. The van der Waals surface area contributed by atoms with Crippen molar-refractivity contribution in [3.8, 4) is 0 Å². The Morgan fingerprint density at radius 1 is 1.07 bits per heavy atom. The van der Waals surface area contributed by atoms with Crippen LogP contribution in [0.4, 0.5) is 16.4 Å². The first-order valence-corrected chi connectivity index (χ1v) is 16.3. The molecule has 2 aromatic rings. The molecule has 12 heteroatoms. The number of carbonyl (C=O) groups excluding carboxylic acids is 2. The first-order valence-electron chi connectivity index (χ1n) is 16.3. The second-order valence-corrected chi connectivity index (χ2v) is 13.5. The second kappa shape index (κ2) is 13.3. The van der Waals surface area contributed by atoms with Crippen LogP contribution >= 0.6 is 0 Å². The van der Waals surface area contributed by atoms with E-state index in [1.165, 1.54) is 0 Å². The van der Waals surface area contributed by atoms with Gasteiger partial charge in [-0.2, -0.15) is 9.61 Å². The van der Waals surface area contributed by atoms with Crippen molar-refractivity contribution in [1.29, 1.82) is 0 Å². The minimum absolute atomic E-state index is 0.0202. The van der Waals surface area contributed by atoms with Crippen molar-refractivity contribution in [1.82, 2.24) is 29.3 Å². The maximum atomic E-state index is 13.1. The third-order valence-corrected chi connectivity index (χ3v) is 9.51. The summed E-state index contributed by atoms with van der Waals surface area (Å²) in [6.45, 7) is 9.12. The van der Waals surface area contributed by atoms with E-state index in [9.17, 15) is 9.59 Å². The molecule has 44 heavy (non-hydrogen) atoms. The number of likely N-dealkylation sites (N-methyl/N-ethyl adjacent to an activating group) is 1. The summed E-state index contributed by atoms with van der Waals surface area (Å²) in [5.74, 6) is 3.00. The third kappa shape index (κ3) is 6.96. The van der Waals surface area contributed by atoms with E-state index in [1.807, 2.05) is 40.7 Å². The molecule has 3 saturated heterocycles. The summed E-state index contributed by atoms with van der Waals surface area (Å²) in [7, 11) is 3.93. The van der Waals surface area contributed by atoms with Gasteiger partial charge in [0.15, 0.2) is 5.65 Å². The number of carbonyl (C=O) groups is 2. The highest BCUT2D eigenvalue weighted by molar-refractivity contribution is 5.87. The number of rotatable bonds is 9. The molecule has 2 N–H and O–H groups in total. The Morgan fingerprint density at radius 3 is 2.52 bits per heavy atom. The Bertz CT molecular complexity index is 1340. The smallest absolute Gasteiger partial charge is 0.410 e. The van der Waals surface area contributed by atoms with Crippen LogP contribution in [-0.2, 0) is 14.3 Å². The highest BCUT2D eigenvalue weighted by Gasteiger charge is 2.43. The fraction of sp³-hybridized carbons (Fsp3) is 0.688. The molecule has 0 aromatic carbocycles. The SMILES string of the molecule is CC(C)c1cnn2c(NC3CC4CN(C(=O)O[C@@H]5CCN(C(=O)/C=C/CN(C)C)C5)CC4C3)cc(NC3CCOCC3)nc12. The molecular weight excluding hydrogens is 560 g/mol. The normalized spacial score (nSPS) is 26.0. The van der Waals surface area contributed by atoms with E-state index in [2.05, 4.69) is 30.5 Å². The quantitative estimate of drug-likeness (QED) is 0.413. The molecule has 5 heterocycles. The topological polar surface area (TPSA) is 117 Å². The predicted molar refractivity (Wildman–Crippen MR) is 169 cm³/mol. The number of amides is 2. The molecular formula is C32H48N8O4. The molecule has 1 saturated carbocycles. The summed E-state index contributed by atoms with van der Waals surface area (Å²) in [4.78, 5) is 36.1. The number of ether oxygens (including phenoxy) is 2. The molecule has 4 fully saturated rings. The van der Waals surface area contributed by atoms with Crippen molar-refractivity contribution in [2.75, 3.05) is 70.7 Å². The van der Waals surface area contributed by atoms with Gasteiger partial charge in [0.1, 0.15) is 17.7 Å². The van der Waals surface area contributed by atoms with E-state index in [-0.39, 0.29) is 18.1 Å². The number of hydrogen-bond acceptors (Lipinski definition) is 9. The lowest BCUT2D eigenvalue weighted by atomic mass is 10.0. The second-order valence-electron chi connectivity index (χ2n) is 13.5. The molecule has 0 spiro atoms. The lowest BCUT2D eigenvalue weighted by Crippen LogP contribution is -2.36. The number of fused-ring (bicyclic) bond motifs is 2. The average Bonchev–Trinajstić information content (AvgIpc) is 3.77. The fourth-order valence-electron chi connectivity index (χ4n) is 7.10. The zero-order valence-electron chi connectivity index (χ0n) is 26.6. The van der Waals surface area contributed by atoms with E-state index < -0.39 is 0 Å². The maximum Gasteiger partial charge on any atom is 0.410 e. The predicted octanol–water partition coefficient (Wildman–Crippen LogP) is 3.42. The molecule has 2 amide bonds. The van der Waals surface area contributed by atoms with Crippen LogP contribution in [0.1, 0.15) is 57.4 Å². The molecule has 4 aliphatic rings. The Kier molecular flexibility index (Phi) is 9.27. The van der Waals surface area contributed by atoms with Crippen molar-refractivity contribution in [2.24, 2.45) is 11.8 Å². The van der Waals surface area contributed by atoms with E-state index in [1.54, 1.807) is 11.0 Å². The van der Waals surface area contributed by atoms with Gasteiger partial charge in [-0.1, -0.05) is 19.9 Å². The van der Waals surface area contributed by atoms with Gasteiger partial charge in [-0.3, -0.25) is 4.79 Å². The molecule has 6 rings (SSSR count). The highest BCUT2D eigenvalue weighted by atomic mass is 16.6. The van der Waals surface area contributed by atoms with Gasteiger partial charge >= 0.3 is 6.09 Å². The standard InChI is InChI=1S/C32H48N8O4/c1-21(2)27-17-33-40-29(16-28(36-31(27)40)34-24-8-12-43-13-9-24)35-25-14-22-18-39(19-23(22)15-25)32(42)44-26-7-11-38(20-26)30(41)6-5-10-37(3)4/h5-6,16-17,21-26,35H,7-15,18-20H2,1-4H3,(H,34,36)/b6-5+/t22?,23?,25?,26-/m1/s1. The van der Waals surface area contributed by atoms with Crippen LogP contribution in [0.15, 0.2) is 24.4 Å². The van der Waals surface area contributed by atoms with Gasteiger partial charge in [-0.05, 0) is 57.5 Å². The van der Waals surface area contributed by atoms with Gasteiger partial charge in [-0.25, -0.2) is 9.78 Å². The number of anilines is 2. The van der Waals surface area contributed by atoms with E-state index >= 15 is 0 Å². The number of hydrogen-bond donors (Lipinski definition) is 2. The van der Waals surface area contributed by atoms with E-state index in [0.29, 0.717) is 62.4 Å². The summed E-state index contributed by atoms with van der Waals surface area (Å²) in [5, 5.41) is 12.2. The van der Waals surface area contributed by atoms with E-state index in [0.717, 1.165) is 68.3 Å². The van der Waals surface area contributed by atoms with Gasteiger partial charge in [0, 0.05) is 75.6 Å². The number of likely N-dealkylation sites (tertiary alicyclic amines) is 2. The maximum absolute atomic E-state index is 13.1. The van der Waals surface area contributed by atoms with Crippen LogP contribution < -0.4 is 10.6 Å². The van der Waals surface area contributed by atoms with Crippen LogP contribution in [0.5, 0.6) is 0 Å². The first kappa shape index (κ1) is 30.6. The third-order valence-electron chi connectivity index (χ3n) is 9.51. The van der Waals surface area contributed by atoms with Crippen LogP contribution in [0.2, 0.25) is 0 Å². The molecule has 0 radical (unpaired) electrons. The monoisotopic (exact) mass is 608 g/mol. The van der Waals surface area contributed by atoms with Gasteiger partial charge < -0.3 is 34.8 Å². The molecule has 2 aromatic heterocycles. The molecule has 0 bridgehead atoms. The van der Waals surface area contributed by atoms with Gasteiger partial charge in [0.25, 0.3) is 0 Å². The summed E-state index contributed by atoms with van der Waals surface area (Å²) in [6.07, 6.45) is 9.54. The summed E-state index contributed by atoms with van der Waals surface area (Å²) >= 11 is 0. The van der Waals surface area contributed by atoms with Gasteiger partial charge in [0.05, 0.1) is 12.7 Å². The molecule has 1 aliphatic carbocycles. The van der Waals surface area contributed by atoms with Crippen molar-refractivity contribution < 1.29 is 19.1 Å². The summed E-state index contributed by atoms with van der Waals surface area (Å²) in [5.41, 5.74) is 2.03. The Hall–Kier alpha value is -3.38. The number of aromatic nitrogens is 3. The highest BCUT2D eigenvalue weighted by Crippen LogP contribution is 2.40. The zero-order valence-corrected chi connectivity index (χ0v) is 26.6.